The first-order valence-corrected chi connectivity index (χ1v) is 10.3. The van der Waals surface area contributed by atoms with E-state index in [1.54, 1.807) is 12.1 Å². The summed E-state index contributed by atoms with van der Waals surface area (Å²) in [7, 11) is 1.40. The molecule has 2 aromatic rings. The van der Waals surface area contributed by atoms with Crippen LogP contribution in [0.15, 0.2) is 47.4 Å². The van der Waals surface area contributed by atoms with E-state index in [9.17, 15) is 8.42 Å². The number of nitrogens with one attached hydrogen (secondary N) is 2. The van der Waals surface area contributed by atoms with Gasteiger partial charge in [0.15, 0.2) is 11.5 Å². The second kappa shape index (κ2) is 8.06. The second-order valence-electron chi connectivity index (χ2n) is 6.58. The van der Waals surface area contributed by atoms with E-state index in [-0.39, 0.29) is 4.90 Å². The molecule has 1 saturated heterocycles. The van der Waals surface area contributed by atoms with Crippen molar-refractivity contribution in [3.8, 4) is 11.5 Å². The summed E-state index contributed by atoms with van der Waals surface area (Å²) in [5.41, 5.74) is 1.47. The lowest BCUT2D eigenvalue weighted by molar-refractivity contribution is -0.880. The molecule has 1 heterocycles. The number of methoxy groups -OCH3 is 2. The fourth-order valence-corrected chi connectivity index (χ4v) is 4.24. The average molecular weight is 393 g/mol. The minimum absolute atomic E-state index is 0.123. The van der Waals surface area contributed by atoms with Gasteiger partial charge in [-0.15, -0.1) is 0 Å². The highest BCUT2D eigenvalue weighted by Crippen LogP contribution is 2.32. The molecule has 2 aromatic carbocycles. The van der Waals surface area contributed by atoms with Crippen molar-refractivity contribution in [3.63, 3.8) is 0 Å². The number of benzene rings is 2. The molecule has 0 saturated carbocycles. The topological polar surface area (TPSA) is 72.3 Å². The Balaban J connectivity index is 1.88. The van der Waals surface area contributed by atoms with Gasteiger partial charge in [-0.3, -0.25) is 4.72 Å². The minimum Gasteiger partial charge on any atom is -0.493 e. The zero-order valence-electron chi connectivity index (χ0n) is 15.9. The number of hydrogen-bond donors (Lipinski definition) is 2. The first kappa shape index (κ1) is 19.3. The van der Waals surface area contributed by atoms with Gasteiger partial charge in [0.05, 0.1) is 63.7 Å². The first-order chi connectivity index (χ1) is 12.9. The van der Waals surface area contributed by atoms with Crippen molar-refractivity contribution >= 4 is 21.4 Å². The van der Waals surface area contributed by atoms with Gasteiger partial charge in [-0.1, -0.05) is 12.1 Å². The Morgan fingerprint density at radius 3 is 2.33 bits per heavy atom. The van der Waals surface area contributed by atoms with Crippen LogP contribution in [0.5, 0.6) is 11.5 Å². The smallest absolute Gasteiger partial charge is 0.262 e. The molecule has 0 atom stereocenters. The van der Waals surface area contributed by atoms with Crippen LogP contribution in [0.1, 0.15) is 0 Å². The number of piperazine rings is 1. The number of rotatable bonds is 6. The van der Waals surface area contributed by atoms with Crippen LogP contribution in [0, 0.1) is 0 Å². The predicted octanol–water partition coefficient (Wildman–Crippen LogP) is 0.839. The molecule has 0 spiro atoms. The Labute approximate surface area is 160 Å². The van der Waals surface area contributed by atoms with Crippen molar-refractivity contribution in [1.29, 1.82) is 0 Å². The molecule has 7 nitrogen and oxygen atoms in total. The molecule has 0 amide bonds. The molecule has 0 bridgehead atoms. The normalized spacial score (nSPS) is 15.4. The molecule has 1 aliphatic heterocycles. The van der Waals surface area contributed by atoms with E-state index in [1.165, 1.54) is 31.3 Å². The van der Waals surface area contributed by atoms with Gasteiger partial charge in [0.1, 0.15) is 0 Å². The van der Waals surface area contributed by atoms with Crippen molar-refractivity contribution in [2.24, 2.45) is 0 Å². The summed E-state index contributed by atoms with van der Waals surface area (Å²) in [5, 5.41) is 0. The predicted molar refractivity (Wildman–Crippen MR) is 106 cm³/mol. The highest BCUT2D eigenvalue weighted by atomic mass is 32.2. The number of sulfonamides is 1. The van der Waals surface area contributed by atoms with Crippen LogP contribution in [0.25, 0.3) is 0 Å². The summed E-state index contributed by atoms with van der Waals surface area (Å²) in [6.07, 6.45) is 0. The molecule has 2 N–H and O–H groups in total. The standard InChI is InChI=1S/C19H25N3O4S/c1-21-10-12-22(13-11-21)17-7-5-4-6-16(17)20-27(23,24)15-8-9-18(25-2)19(14-15)26-3/h4-9,14,20H,10-13H2,1-3H3/p+1. The number of likely N-dealkylation sites (N-methyl/N-ethyl adjacent to an activating group) is 1. The van der Waals surface area contributed by atoms with E-state index >= 15 is 0 Å². The molecule has 0 aliphatic carbocycles. The summed E-state index contributed by atoms with van der Waals surface area (Å²) in [6, 6.07) is 12.1. The highest BCUT2D eigenvalue weighted by Gasteiger charge is 2.22. The number of ether oxygens (including phenoxy) is 2. The van der Waals surface area contributed by atoms with Gasteiger partial charge in [-0.05, 0) is 24.3 Å². The Morgan fingerprint density at radius 2 is 1.67 bits per heavy atom. The number of para-hydroxylation sites is 2. The summed E-state index contributed by atoms with van der Waals surface area (Å²) in [4.78, 5) is 3.83. The molecule has 0 unspecified atom stereocenters. The third-order valence-electron chi connectivity index (χ3n) is 4.77. The van der Waals surface area contributed by atoms with Crippen molar-refractivity contribution < 1.29 is 22.8 Å². The Kier molecular flexibility index (Phi) is 5.76. The zero-order chi connectivity index (χ0) is 19.4. The summed E-state index contributed by atoms with van der Waals surface area (Å²) in [5.74, 6) is 0.854. The van der Waals surface area contributed by atoms with E-state index in [0.717, 1.165) is 31.9 Å². The molecule has 27 heavy (non-hydrogen) atoms. The maximum atomic E-state index is 12.9. The number of anilines is 2. The Bertz CT molecular complexity index is 894. The molecular formula is C19H26N3O4S+. The van der Waals surface area contributed by atoms with E-state index in [1.807, 2.05) is 18.2 Å². The average Bonchev–Trinajstić information content (AvgIpc) is 2.68. The molecule has 1 fully saturated rings. The highest BCUT2D eigenvalue weighted by molar-refractivity contribution is 7.92. The summed E-state index contributed by atoms with van der Waals surface area (Å²) >= 11 is 0. The molecule has 0 aromatic heterocycles. The maximum Gasteiger partial charge on any atom is 0.262 e. The zero-order valence-corrected chi connectivity index (χ0v) is 16.7. The van der Waals surface area contributed by atoms with Gasteiger partial charge < -0.3 is 19.3 Å². The third kappa shape index (κ3) is 4.28. The maximum absolute atomic E-state index is 12.9. The first-order valence-electron chi connectivity index (χ1n) is 8.84. The van der Waals surface area contributed by atoms with E-state index in [2.05, 4.69) is 16.7 Å². The van der Waals surface area contributed by atoms with Crippen molar-refractivity contribution in [3.05, 3.63) is 42.5 Å². The quantitative estimate of drug-likeness (QED) is 0.762. The van der Waals surface area contributed by atoms with Crippen LogP contribution in [-0.4, -0.2) is 55.9 Å². The Morgan fingerprint density at radius 1 is 1.00 bits per heavy atom. The van der Waals surface area contributed by atoms with Crippen molar-refractivity contribution in [2.45, 2.75) is 4.90 Å². The van der Waals surface area contributed by atoms with E-state index in [4.69, 9.17) is 9.47 Å². The summed E-state index contributed by atoms with van der Waals surface area (Å²) < 4.78 is 39.0. The summed E-state index contributed by atoms with van der Waals surface area (Å²) in [6.45, 7) is 3.83. The molecular weight excluding hydrogens is 366 g/mol. The van der Waals surface area contributed by atoms with Gasteiger partial charge in [0.25, 0.3) is 10.0 Å². The van der Waals surface area contributed by atoms with Gasteiger partial charge in [-0.2, -0.15) is 0 Å². The van der Waals surface area contributed by atoms with Crippen LogP contribution in [0.3, 0.4) is 0 Å². The number of quaternary nitrogens is 1. The second-order valence-corrected chi connectivity index (χ2v) is 8.27. The molecule has 146 valence electrons. The van der Waals surface area contributed by atoms with Crippen molar-refractivity contribution in [1.82, 2.24) is 0 Å². The lowest BCUT2D eigenvalue weighted by atomic mass is 10.2. The number of nitrogens with zero attached hydrogens (tertiary/aromatic N) is 1. The molecule has 0 radical (unpaired) electrons. The molecule has 1 aliphatic rings. The lowest BCUT2D eigenvalue weighted by Gasteiger charge is -2.33. The SMILES string of the molecule is COc1ccc(S(=O)(=O)Nc2ccccc2N2CC[NH+](C)CC2)cc1OC. The van der Waals surface area contributed by atoms with Crippen LogP contribution >= 0.6 is 0 Å². The third-order valence-corrected chi connectivity index (χ3v) is 6.13. The molecule has 3 rings (SSSR count). The van der Waals surface area contributed by atoms with Gasteiger partial charge in [0.2, 0.25) is 0 Å². The number of hydrogen-bond acceptors (Lipinski definition) is 5. The largest absolute Gasteiger partial charge is 0.493 e. The van der Waals surface area contributed by atoms with E-state index in [0.29, 0.717) is 17.2 Å². The van der Waals surface area contributed by atoms with Gasteiger partial charge in [0, 0.05) is 6.07 Å². The van der Waals surface area contributed by atoms with Gasteiger partial charge >= 0.3 is 0 Å². The Hall–Kier alpha value is -2.45. The fraction of sp³-hybridized carbons (Fsp3) is 0.368. The van der Waals surface area contributed by atoms with Crippen LogP contribution in [-0.2, 0) is 10.0 Å². The van der Waals surface area contributed by atoms with Crippen LogP contribution < -0.4 is 24.0 Å². The van der Waals surface area contributed by atoms with E-state index < -0.39 is 10.0 Å². The van der Waals surface area contributed by atoms with Crippen molar-refractivity contribution in [2.75, 3.05) is 57.1 Å². The van der Waals surface area contributed by atoms with Gasteiger partial charge in [-0.25, -0.2) is 8.42 Å². The monoisotopic (exact) mass is 392 g/mol. The van der Waals surface area contributed by atoms with Crippen LogP contribution in [0.4, 0.5) is 11.4 Å². The minimum atomic E-state index is -3.76. The molecule has 8 heteroatoms. The van der Waals surface area contributed by atoms with Crippen LogP contribution in [0.2, 0.25) is 0 Å². The fourth-order valence-electron chi connectivity index (χ4n) is 3.15. The lowest BCUT2D eigenvalue weighted by Crippen LogP contribution is -3.12.